The summed E-state index contributed by atoms with van der Waals surface area (Å²) in [6.07, 6.45) is -4.13. The molecule has 6 nitrogen and oxygen atoms in total. The van der Waals surface area contributed by atoms with E-state index >= 15 is 0 Å². The van der Waals surface area contributed by atoms with Crippen molar-refractivity contribution >= 4 is 29.1 Å². The monoisotopic (exact) mass is 401 g/mol. The van der Waals surface area contributed by atoms with Gasteiger partial charge in [0.25, 0.3) is 11.8 Å². The molecule has 0 fully saturated rings. The molecule has 1 aromatic carbocycles. The third-order valence-corrected chi connectivity index (χ3v) is 3.83. The summed E-state index contributed by atoms with van der Waals surface area (Å²) >= 11 is 5.78. The summed E-state index contributed by atoms with van der Waals surface area (Å²) in [6, 6.07) is 5.30. The normalized spacial score (nSPS) is 11.2. The zero-order valence-electron chi connectivity index (χ0n) is 14.0. The van der Waals surface area contributed by atoms with E-state index in [0.29, 0.717) is 17.8 Å². The lowest BCUT2D eigenvalue weighted by Crippen LogP contribution is -2.28. The molecule has 2 amide bonds. The number of aliphatic hydroxyl groups excluding tert-OH is 1. The zero-order valence-corrected chi connectivity index (χ0v) is 14.8. The highest BCUT2D eigenvalue weighted by Crippen LogP contribution is 2.31. The average Bonchev–Trinajstić information content (AvgIpc) is 2.60. The van der Waals surface area contributed by atoms with Gasteiger partial charge in [0.2, 0.25) is 0 Å². The van der Waals surface area contributed by atoms with E-state index in [-0.39, 0.29) is 24.4 Å². The average molecular weight is 402 g/mol. The van der Waals surface area contributed by atoms with Gasteiger partial charge in [0.1, 0.15) is 5.69 Å². The van der Waals surface area contributed by atoms with Crippen molar-refractivity contribution in [2.75, 3.05) is 18.5 Å². The number of halogens is 4. The lowest BCUT2D eigenvalue weighted by molar-refractivity contribution is -0.137. The fraction of sp³-hybridized carbons (Fsp3) is 0.235. The van der Waals surface area contributed by atoms with Crippen LogP contribution < -0.4 is 10.6 Å². The van der Waals surface area contributed by atoms with Gasteiger partial charge in [-0.1, -0.05) is 23.7 Å². The number of aliphatic hydroxyl groups is 1. The highest BCUT2D eigenvalue weighted by Gasteiger charge is 2.32. The molecule has 0 aliphatic carbocycles. The van der Waals surface area contributed by atoms with Crippen LogP contribution in [0.1, 0.15) is 32.0 Å². The van der Waals surface area contributed by atoms with E-state index in [1.165, 1.54) is 6.07 Å². The second-order valence-corrected chi connectivity index (χ2v) is 5.89. The fourth-order valence-electron chi connectivity index (χ4n) is 2.22. The molecule has 2 rings (SSSR count). The molecule has 0 aliphatic heterocycles. The van der Waals surface area contributed by atoms with Crippen LogP contribution in [0.5, 0.6) is 0 Å². The van der Waals surface area contributed by atoms with Crippen LogP contribution in [0.3, 0.4) is 0 Å². The number of alkyl halides is 3. The Bertz CT molecular complexity index is 872. The standard InChI is InChI=1S/C17H15ClF3N3O3/c1-9-3-2-4-11(15(26)22-5-6-25)13(9)24-16(27)14-12(18)7-10(8-23-14)17(19,20)21/h2-4,7-8,25H,5-6H2,1H3,(H,22,26)(H,24,27). The van der Waals surface area contributed by atoms with Crippen molar-refractivity contribution in [3.05, 3.63) is 57.9 Å². The molecule has 27 heavy (non-hydrogen) atoms. The third-order valence-electron chi connectivity index (χ3n) is 3.54. The molecule has 3 N–H and O–H groups in total. The summed E-state index contributed by atoms with van der Waals surface area (Å²) in [6.45, 7) is 1.40. The van der Waals surface area contributed by atoms with Gasteiger partial charge in [-0.15, -0.1) is 0 Å². The molecule has 2 aromatic rings. The van der Waals surface area contributed by atoms with Crippen molar-refractivity contribution in [3.8, 4) is 0 Å². The Labute approximate surface area is 157 Å². The molecule has 1 aromatic heterocycles. The molecule has 0 aliphatic rings. The molecule has 10 heteroatoms. The molecular weight excluding hydrogens is 387 g/mol. The number of aryl methyl sites for hydroxylation is 1. The predicted octanol–water partition coefficient (Wildman–Crippen LogP) is 3.04. The molecular formula is C17H15ClF3N3O3. The van der Waals surface area contributed by atoms with Crippen LogP contribution in [0.15, 0.2) is 30.5 Å². The molecule has 0 radical (unpaired) electrons. The van der Waals surface area contributed by atoms with Crippen molar-refractivity contribution in [3.63, 3.8) is 0 Å². The van der Waals surface area contributed by atoms with E-state index in [4.69, 9.17) is 16.7 Å². The molecule has 0 spiro atoms. The van der Waals surface area contributed by atoms with E-state index in [0.717, 1.165) is 0 Å². The van der Waals surface area contributed by atoms with Crippen LogP contribution in [0.2, 0.25) is 5.02 Å². The lowest BCUT2D eigenvalue weighted by atomic mass is 10.1. The SMILES string of the molecule is Cc1cccc(C(=O)NCCO)c1NC(=O)c1ncc(C(F)(F)F)cc1Cl. The quantitative estimate of drug-likeness (QED) is 0.718. The Kier molecular flexibility index (Phi) is 6.40. The van der Waals surface area contributed by atoms with Crippen molar-refractivity contribution in [1.29, 1.82) is 0 Å². The van der Waals surface area contributed by atoms with Gasteiger partial charge in [0.15, 0.2) is 0 Å². The summed E-state index contributed by atoms with van der Waals surface area (Å²) < 4.78 is 38.0. The van der Waals surface area contributed by atoms with Gasteiger partial charge >= 0.3 is 6.18 Å². The van der Waals surface area contributed by atoms with Crippen molar-refractivity contribution in [1.82, 2.24) is 10.3 Å². The number of nitrogens with one attached hydrogen (secondary N) is 2. The summed E-state index contributed by atoms with van der Waals surface area (Å²) in [4.78, 5) is 28.1. The maximum Gasteiger partial charge on any atom is 0.417 e. The van der Waals surface area contributed by atoms with Gasteiger partial charge in [0, 0.05) is 12.7 Å². The topological polar surface area (TPSA) is 91.3 Å². The summed E-state index contributed by atoms with van der Waals surface area (Å²) in [5, 5.41) is 13.3. The van der Waals surface area contributed by atoms with Crippen molar-refractivity contribution in [2.24, 2.45) is 0 Å². The Morgan fingerprint density at radius 1 is 1.26 bits per heavy atom. The first-order chi connectivity index (χ1) is 12.6. The van der Waals surface area contributed by atoms with Crippen LogP contribution in [-0.4, -0.2) is 35.1 Å². The van der Waals surface area contributed by atoms with Gasteiger partial charge in [-0.05, 0) is 24.6 Å². The number of rotatable bonds is 5. The predicted molar refractivity (Wildman–Crippen MR) is 92.8 cm³/mol. The number of hydrogen-bond acceptors (Lipinski definition) is 4. The first-order valence-corrected chi connectivity index (χ1v) is 8.05. The number of amides is 2. The van der Waals surface area contributed by atoms with Crippen molar-refractivity contribution < 1.29 is 27.9 Å². The minimum Gasteiger partial charge on any atom is -0.395 e. The number of hydrogen-bond donors (Lipinski definition) is 3. The number of nitrogens with zero attached hydrogens (tertiary/aromatic N) is 1. The number of benzene rings is 1. The Morgan fingerprint density at radius 3 is 2.56 bits per heavy atom. The van der Waals surface area contributed by atoms with Gasteiger partial charge in [-0.2, -0.15) is 13.2 Å². The molecule has 0 bridgehead atoms. The van der Waals surface area contributed by atoms with E-state index in [1.54, 1.807) is 19.1 Å². The highest BCUT2D eigenvalue weighted by molar-refractivity contribution is 6.34. The smallest absolute Gasteiger partial charge is 0.395 e. The number of para-hydroxylation sites is 1. The maximum atomic E-state index is 12.7. The number of carbonyl (C=O) groups excluding carboxylic acids is 2. The van der Waals surface area contributed by atoms with Crippen LogP contribution in [0.4, 0.5) is 18.9 Å². The number of carbonyl (C=O) groups is 2. The third kappa shape index (κ3) is 4.95. The van der Waals surface area contributed by atoms with Gasteiger partial charge in [0.05, 0.1) is 28.4 Å². The van der Waals surface area contributed by atoms with E-state index < -0.39 is 34.3 Å². The zero-order chi connectivity index (χ0) is 20.2. The minimum atomic E-state index is -4.64. The lowest BCUT2D eigenvalue weighted by Gasteiger charge is -2.14. The van der Waals surface area contributed by atoms with E-state index in [2.05, 4.69) is 15.6 Å². The van der Waals surface area contributed by atoms with Crippen LogP contribution >= 0.6 is 11.6 Å². The number of pyridine rings is 1. The first kappa shape index (κ1) is 20.7. The molecule has 0 unspecified atom stereocenters. The Balaban J connectivity index is 2.32. The second-order valence-electron chi connectivity index (χ2n) is 5.48. The molecule has 0 atom stereocenters. The van der Waals surface area contributed by atoms with Crippen LogP contribution in [-0.2, 0) is 6.18 Å². The van der Waals surface area contributed by atoms with Gasteiger partial charge < -0.3 is 15.7 Å². The highest BCUT2D eigenvalue weighted by atomic mass is 35.5. The minimum absolute atomic E-state index is 0.0203. The summed E-state index contributed by atoms with van der Waals surface area (Å²) in [7, 11) is 0. The maximum absolute atomic E-state index is 12.7. The largest absolute Gasteiger partial charge is 0.417 e. The van der Waals surface area contributed by atoms with E-state index in [9.17, 15) is 22.8 Å². The second kappa shape index (κ2) is 8.36. The van der Waals surface area contributed by atoms with Crippen LogP contribution in [0, 0.1) is 6.92 Å². The van der Waals surface area contributed by atoms with Gasteiger partial charge in [-0.25, -0.2) is 4.98 Å². The summed E-state index contributed by atoms with van der Waals surface area (Å²) in [5.41, 5.74) is -0.655. The molecule has 0 saturated heterocycles. The molecule has 144 valence electrons. The van der Waals surface area contributed by atoms with Crippen molar-refractivity contribution in [2.45, 2.75) is 13.1 Å². The number of aromatic nitrogens is 1. The summed E-state index contributed by atoms with van der Waals surface area (Å²) in [5.74, 6) is -1.39. The fourth-order valence-corrected chi connectivity index (χ4v) is 2.47. The van der Waals surface area contributed by atoms with E-state index in [1.807, 2.05) is 0 Å². The Morgan fingerprint density at radius 2 is 1.96 bits per heavy atom. The van der Waals surface area contributed by atoms with Gasteiger partial charge in [-0.3, -0.25) is 9.59 Å². The first-order valence-electron chi connectivity index (χ1n) is 7.68. The van der Waals surface area contributed by atoms with Crippen LogP contribution in [0.25, 0.3) is 0 Å². The molecule has 0 saturated carbocycles. The number of anilines is 1. The molecule has 1 heterocycles. The Hall–Kier alpha value is -2.65.